The SMILES string of the molecule is COc1cc(N/N=C/c2cccc([N+](=O)[O-])c2)ncn1. The van der Waals surface area contributed by atoms with Gasteiger partial charge in [0, 0.05) is 23.8 Å². The molecule has 0 aliphatic carbocycles. The Morgan fingerprint density at radius 2 is 2.25 bits per heavy atom. The fourth-order valence-electron chi connectivity index (χ4n) is 1.40. The summed E-state index contributed by atoms with van der Waals surface area (Å²) in [6.45, 7) is 0. The molecule has 0 saturated carbocycles. The Morgan fingerprint density at radius 3 is 3.00 bits per heavy atom. The van der Waals surface area contributed by atoms with Crippen molar-refractivity contribution < 1.29 is 9.66 Å². The fraction of sp³-hybridized carbons (Fsp3) is 0.0833. The predicted octanol–water partition coefficient (Wildman–Crippen LogP) is 1.84. The summed E-state index contributed by atoms with van der Waals surface area (Å²) in [5.41, 5.74) is 3.30. The van der Waals surface area contributed by atoms with E-state index in [9.17, 15) is 10.1 Å². The quantitative estimate of drug-likeness (QED) is 0.506. The Bertz CT molecular complexity index is 644. The van der Waals surface area contributed by atoms with Gasteiger partial charge in [-0.2, -0.15) is 5.10 Å². The molecule has 0 spiro atoms. The summed E-state index contributed by atoms with van der Waals surface area (Å²) in [6.07, 6.45) is 2.80. The van der Waals surface area contributed by atoms with Gasteiger partial charge >= 0.3 is 0 Å². The van der Waals surface area contributed by atoms with Crippen LogP contribution in [0.3, 0.4) is 0 Å². The zero-order chi connectivity index (χ0) is 14.4. The standard InChI is InChI=1S/C12H11N5O3/c1-20-12-6-11(13-8-14-12)16-15-7-9-3-2-4-10(5-9)17(18)19/h2-8H,1H3,(H,13,14,16)/b15-7+. The molecule has 0 fully saturated rings. The lowest BCUT2D eigenvalue weighted by molar-refractivity contribution is -0.384. The van der Waals surface area contributed by atoms with Gasteiger partial charge in [-0.25, -0.2) is 9.97 Å². The van der Waals surface area contributed by atoms with Crippen LogP contribution in [0, 0.1) is 10.1 Å². The summed E-state index contributed by atoms with van der Waals surface area (Å²) in [7, 11) is 1.50. The first-order valence-corrected chi connectivity index (χ1v) is 5.58. The first-order valence-electron chi connectivity index (χ1n) is 5.58. The number of hydrogen-bond acceptors (Lipinski definition) is 7. The van der Waals surface area contributed by atoms with Crippen LogP contribution in [0.2, 0.25) is 0 Å². The number of ether oxygens (including phenoxy) is 1. The Morgan fingerprint density at radius 1 is 1.40 bits per heavy atom. The van der Waals surface area contributed by atoms with Crippen molar-refractivity contribution >= 4 is 17.7 Å². The van der Waals surface area contributed by atoms with E-state index in [4.69, 9.17) is 4.74 Å². The van der Waals surface area contributed by atoms with Crippen LogP contribution < -0.4 is 10.2 Å². The zero-order valence-corrected chi connectivity index (χ0v) is 10.6. The lowest BCUT2D eigenvalue weighted by atomic mass is 10.2. The second kappa shape index (κ2) is 6.23. The number of aromatic nitrogens is 2. The topological polar surface area (TPSA) is 103 Å². The van der Waals surface area contributed by atoms with Crippen LogP contribution in [0.1, 0.15) is 5.56 Å². The molecule has 0 aliphatic rings. The summed E-state index contributed by atoms with van der Waals surface area (Å²) in [4.78, 5) is 18.0. The van der Waals surface area contributed by atoms with E-state index in [2.05, 4.69) is 20.5 Å². The van der Waals surface area contributed by atoms with Crippen molar-refractivity contribution in [2.24, 2.45) is 5.10 Å². The van der Waals surface area contributed by atoms with Gasteiger partial charge in [0.15, 0.2) is 5.82 Å². The van der Waals surface area contributed by atoms with Crippen LogP contribution in [0.25, 0.3) is 0 Å². The molecule has 1 heterocycles. The number of anilines is 1. The van der Waals surface area contributed by atoms with Crippen LogP contribution in [-0.4, -0.2) is 28.2 Å². The number of non-ortho nitro benzene ring substituents is 1. The van der Waals surface area contributed by atoms with Gasteiger partial charge in [-0.15, -0.1) is 0 Å². The second-order valence-corrected chi connectivity index (χ2v) is 3.67. The maximum atomic E-state index is 10.6. The molecule has 1 N–H and O–H groups in total. The Hall–Kier alpha value is -3.03. The Kier molecular flexibility index (Phi) is 4.17. The third-order valence-electron chi connectivity index (χ3n) is 2.32. The maximum absolute atomic E-state index is 10.6. The van der Waals surface area contributed by atoms with E-state index in [0.29, 0.717) is 17.3 Å². The summed E-state index contributed by atoms with van der Waals surface area (Å²) >= 11 is 0. The van der Waals surface area contributed by atoms with E-state index in [0.717, 1.165) is 0 Å². The number of rotatable bonds is 5. The second-order valence-electron chi connectivity index (χ2n) is 3.67. The van der Waals surface area contributed by atoms with E-state index in [1.165, 1.54) is 31.8 Å². The normalized spacial score (nSPS) is 10.4. The Balaban J connectivity index is 2.06. The van der Waals surface area contributed by atoms with Gasteiger partial charge in [-0.1, -0.05) is 12.1 Å². The van der Waals surface area contributed by atoms with Crippen molar-refractivity contribution in [1.82, 2.24) is 9.97 Å². The zero-order valence-electron chi connectivity index (χ0n) is 10.6. The largest absolute Gasteiger partial charge is 0.481 e. The smallest absolute Gasteiger partial charge is 0.270 e. The predicted molar refractivity (Wildman–Crippen MR) is 72.9 cm³/mol. The maximum Gasteiger partial charge on any atom is 0.270 e. The molecule has 0 atom stereocenters. The Labute approximate surface area is 114 Å². The molecule has 1 aromatic carbocycles. The molecule has 0 aliphatic heterocycles. The van der Waals surface area contributed by atoms with E-state index >= 15 is 0 Å². The van der Waals surface area contributed by atoms with E-state index in [1.54, 1.807) is 18.2 Å². The lowest BCUT2D eigenvalue weighted by Crippen LogP contribution is -1.96. The van der Waals surface area contributed by atoms with Crippen molar-refractivity contribution in [3.8, 4) is 5.88 Å². The van der Waals surface area contributed by atoms with Gasteiger partial charge in [-0.3, -0.25) is 15.5 Å². The molecule has 8 nitrogen and oxygen atoms in total. The minimum absolute atomic E-state index is 0.0117. The van der Waals surface area contributed by atoms with Gasteiger partial charge in [0.25, 0.3) is 5.69 Å². The number of nitrogens with one attached hydrogen (secondary N) is 1. The van der Waals surface area contributed by atoms with Crippen LogP contribution in [0.4, 0.5) is 11.5 Å². The molecule has 0 amide bonds. The molecule has 8 heteroatoms. The van der Waals surface area contributed by atoms with E-state index < -0.39 is 4.92 Å². The molecule has 0 bridgehead atoms. The molecule has 2 aromatic rings. The number of nitrogens with zero attached hydrogens (tertiary/aromatic N) is 4. The van der Waals surface area contributed by atoms with Crippen molar-refractivity contribution in [1.29, 1.82) is 0 Å². The summed E-state index contributed by atoms with van der Waals surface area (Å²) in [5, 5.41) is 14.6. The van der Waals surface area contributed by atoms with Crippen LogP contribution in [0.15, 0.2) is 41.8 Å². The highest BCUT2D eigenvalue weighted by Crippen LogP contribution is 2.12. The van der Waals surface area contributed by atoms with Gasteiger partial charge in [-0.05, 0) is 0 Å². The molecule has 0 radical (unpaired) electrons. The van der Waals surface area contributed by atoms with Crippen LogP contribution in [-0.2, 0) is 0 Å². The average molecular weight is 273 g/mol. The molecule has 2 rings (SSSR count). The molecule has 0 saturated heterocycles. The number of nitro benzene ring substituents is 1. The average Bonchev–Trinajstić information content (AvgIpc) is 2.48. The molecular formula is C12H11N5O3. The first-order chi connectivity index (χ1) is 9.69. The highest BCUT2D eigenvalue weighted by molar-refractivity contribution is 5.81. The van der Waals surface area contributed by atoms with Crippen molar-refractivity contribution in [3.05, 3.63) is 52.3 Å². The number of hydrazone groups is 1. The third-order valence-corrected chi connectivity index (χ3v) is 2.32. The number of nitro groups is 1. The monoisotopic (exact) mass is 273 g/mol. The molecule has 1 aromatic heterocycles. The minimum atomic E-state index is -0.458. The highest BCUT2D eigenvalue weighted by Gasteiger charge is 2.03. The van der Waals surface area contributed by atoms with Crippen molar-refractivity contribution in [3.63, 3.8) is 0 Å². The summed E-state index contributed by atoms with van der Waals surface area (Å²) < 4.78 is 4.94. The molecule has 20 heavy (non-hydrogen) atoms. The van der Waals surface area contributed by atoms with Crippen LogP contribution >= 0.6 is 0 Å². The number of hydrogen-bond donors (Lipinski definition) is 1. The molecule has 0 unspecified atom stereocenters. The van der Waals surface area contributed by atoms with Crippen molar-refractivity contribution in [2.75, 3.05) is 12.5 Å². The fourth-order valence-corrected chi connectivity index (χ4v) is 1.40. The van der Waals surface area contributed by atoms with E-state index in [-0.39, 0.29) is 5.69 Å². The van der Waals surface area contributed by atoms with Crippen molar-refractivity contribution in [2.45, 2.75) is 0 Å². The first kappa shape index (κ1) is 13.4. The van der Waals surface area contributed by atoms with Gasteiger partial charge in [0.05, 0.1) is 18.2 Å². The summed E-state index contributed by atoms with van der Waals surface area (Å²) in [6, 6.07) is 7.71. The van der Waals surface area contributed by atoms with Gasteiger partial charge in [0.2, 0.25) is 5.88 Å². The number of benzene rings is 1. The highest BCUT2D eigenvalue weighted by atomic mass is 16.6. The number of methoxy groups -OCH3 is 1. The van der Waals surface area contributed by atoms with E-state index in [1.807, 2.05) is 0 Å². The van der Waals surface area contributed by atoms with Gasteiger partial charge < -0.3 is 4.74 Å². The molecular weight excluding hydrogens is 262 g/mol. The van der Waals surface area contributed by atoms with Gasteiger partial charge in [0.1, 0.15) is 6.33 Å². The van der Waals surface area contributed by atoms with Crippen LogP contribution in [0.5, 0.6) is 5.88 Å². The molecule has 102 valence electrons. The minimum Gasteiger partial charge on any atom is -0.481 e. The lowest BCUT2D eigenvalue weighted by Gasteiger charge is -2.01. The summed E-state index contributed by atoms with van der Waals surface area (Å²) in [5.74, 6) is 0.867. The third kappa shape index (κ3) is 3.48.